The summed E-state index contributed by atoms with van der Waals surface area (Å²) < 4.78 is 0. The standard InChI is InChI=1S/C11H13N5OS/c1-6-3-8(16-11(12)15-6)10(17)13-4-9-14-7(2)5-18-9/h3,5H,4H2,1-2H3,(H,13,17)(H2,12,15,16). The zero-order valence-corrected chi connectivity index (χ0v) is 10.9. The van der Waals surface area contributed by atoms with Crippen molar-refractivity contribution in [3.63, 3.8) is 0 Å². The van der Waals surface area contributed by atoms with Crippen molar-refractivity contribution in [3.8, 4) is 0 Å². The lowest BCUT2D eigenvalue weighted by molar-refractivity contribution is 0.0945. The van der Waals surface area contributed by atoms with E-state index in [1.165, 1.54) is 11.3 Å². The Bertz CT molecular complexity index is 560. The van der Waals surface area contributed by atoms with Gasteiger partial charge in [0.1, 0.15) is 10.7 Å². The summed E-state index contributed by atoms with van der Waals surface area (Å²) in [7, 11) is 0. The minimum Gasteiger partial charge on any atom is -0.368 e. The Morgan fingerprint density at radius 1 is 1.33 bits per heavy atom. The van der Waals surface area contributed by atoms with Crippen LogP contribution < -0.4 is 11.1 Å². The zero-order chi connectivity index (χ0) is 13.1. The minimum absolute atomic E-state index is 0.102. The second kappa shape index (κ2) is 5.09. The SMILES string of the molecule is Cc1cc(C(=O)NCc2nc(C)cs2)nc(N)n1. The topological polar surface area (TPSA) is 93.8 Å². The van der Waals surface area contributed by atoms with Crippen molar-refractivity contribution in [1.82, 2.24) is 20.3 Å². The van der Waals surface area contributed by atoms with Crippen LogP contribution in [0.15, 0.2) is 11.4 Å². The third kappa shape index (κ3) is 3.01. The number of thiazole rings is 1. The fourth-order valence-electron chi connectivity index (χ4n) is 1.44. The Hall–Kier alpha value is -2.02. The largest absolute Gasteiger partial charge is 0.368 e. The van der Waals surface area contributed by atoms with E-state index in [2.05, 4.69) is 20.3 Å². The first-order valence-electron chi connectivity index (χ1n) is 5.35. The number of anilines is 1. The number of aryl methyl sites for hydroxylation is 2. The number of hydrogen-bond donors (Lipinski definition) is 2. The van der Waals surface area contributed by atoms with Gasteiger partial charge in [0, 0.05) is 16.8 Å². The molecule has 0 spiro atoms. The van der Waals surface area contributed by atoms with Gasteiger partial charge in [-0.15, -0.1) is 11.3 Å². The van der Waals surface area contributed by atoms with Crippen LogP contribution in [0.1, 0.15) is 26.9 Å². The highest BCUT2D eigenvalue weighted by molar-refractivity contribution is 7.09. The number of nitrogens with one attached hydrogen (secondary N) is 1. The lowest BCUT2D eigenvalue weighted by Gasteiger charge is -2.04. The second-order valence-electron chi connectivity index (χ2n) is 3.82. The third-order valence-corrected chi connectivity index (χ3v) is 3.14. The molecule has 6 nitrogen and oxygen atoms in total. The number of rotatable bonds is 3. The van der Waals surface area contributed by atoms with E-state index in [1.807, 2.05) is 12.3 Å². The van der Waals surface area contributed by atoms with Crippen LogP contribution in [0.25, 0.3) is 0 Å². The van der Waals surface area contributed by atoms with Gasteiger partial charge < -0.3 is 11.1 Å². The molecule has 0 aromatic carbocycles. The summed E-state index contributed by atoms with van der Waals surface area (Å²) in [6.45, 7) is 4.07. The van der Waals surface area contributed by atoms with Gasteiger partial charge in [-0.25, -0.2) is 15.0 Å². The Morgan fingerprint density at radius 2 is 2.11 bits per heavy atom. The lowest BCUT2D eigenvalue weighted by atomic mass is 10.3. The Labute approximate surface area is 108 Å². The third-order valence-electron chi connectivity index (χ3n) is 2.17. The highest BCUT2D eigenvalue weighted by Gasteiger charge is 2.10. The molecule has 2 aromatic rings. The number of carbonyl (C=O) groups is 1. The number of aromatic nitrogens is 3. The molecule has 2 aromatic heterocycles. The van der Waals surface area contributed by atoms with Crippen LogP contribution in [0.4, 0.5) is 5.95 Å². The van der Waals surface area contributed by atoms with Crippen molar-refractivity contribution in [3.05, 3.63) is 33.5 Å². The number of nitrogens with zero attached hydrogens (tertiary/aromatic N) is 3. The van der Waals surface area contributed by atoms with Gasteiger partial charge in [-0.2, -0.15) is 0 Å². The predicted molar refractivity (Wildman–Crippen MR) is 69.2 cm³/mol. The van der Waals surface area contributed by atoms with Crippen LogP contribution in [0.3, 0.4) is 0 Å². The van der Waals surface area contributed by atoms with Crippen molar-refractivity contribution in [2.75, 3.05) is 5.73 Å². The van der Waals surface area contributed by atoms with Gasteiger partial charge >= 0.3 is 0 Å². The van der Waals surface area contributed by atoms with Crippen molar-refractivity contribution in [2.45, 2.75) is 20.4 Å². The monoisotopic (exact) mass is 263 g/mol. The average Bonchev–Trinajstić information content (AvgIpc) is 2.70. The zero-order valence-electron chi connectivity index (χ0n) is 10.1. The molecule has 0 fully saturated rings. The van der Waals surface area contributed by atoms with Crippen molar-refractivity contribution in [1.29, 1.82) is 0 Å². The van der Waals surface area contributed by atoms with Crippen LogP contribution in [-0.4, -0.2) is 20.9 Å². The minimum atomic E-state index is -0.278. The van der Waals surface area contributed by atoms with Crippen molar-refractivity contribution < 1.29 is 4.79 Å². The molecule has 2 heterocycles. The summed E-state index contributed by atoms with van der Waals surface area (Å²) in [5.41, 5.74) is 7.38. The molecule has 0 saturated carbocycles. The summed E-state index contributed by atoms with van der Waals surface area (Å²) in [5, 5.41) is 5.55. The van der Waals surface area contributed by atoms with E-state index in [9.17, 15) is 4.79 Å². The Balaban J connectivity index is 2.03. The first-order valence-corrected chi connectivity index (χ1v) is 6.23. The van der Waals surface area contributed by atoms with Gasteiger partial charge in [0.15, 0.2) is 0 Å². The van der Waals surface area contributed by atoms with Crippen LogP contribution in [-0.2, 0) is 6.54 Å². The van der Waals surface area contributed by atoms with E-state index in [-0.39, 0.29) is 17.5 Å². The summed E-state index contributed by atoms with van der Waals surface area (Å²) in [5.74, 6) is -0.176. The highest BCUT2D eigenvalue weighted by Crippen LogP contribution is 2.08. The molecule has 7 heteroatoms. The molecule has 0 radical (unpaired) electrons. The average molecular weight is 263 g/mol. The maximum Gasteiger partial charge on any atom is 0.270 e. The smallest absolute Gasteiger partial charge is 0.270 e. The normalized spacial score (nSPS) is 10.3. The first kappa shape index (κ1) is 12.4. The molecule has 0 unspecified atom stereocenters. The number of nitrogen functional groups attached to an aromatic ring is 1. The maximum absolute atomic E-state index is 11.8. The molecule has 1 amide bonds. The van der Waals surface area contributed by atoms with Crippen molar-refractivity contribution >= 4 is 23.2 Å². The summed E-state index contributed by atoms with van der Waals surface area (Å²) >= 11 is 1.51. The fraction of sp³-hybridized carbons (Fsp3) is 0.273. The van der Waals surface area contributed by atoms with E-state index in [4.69, 9.17) is 5.73 Å². The molecule has 18 heavy (non-hydrogen) atoms. The number of carbonyl (C=O) groups excluding carboxylic acids is 1. The highest BCUT2D eigenvalue weighted by atomic mass is 32.1. The number of nitrogens with two attached hydrogens (primary N) is 1. The van der Waals surface area contributed by atoms with Crippen LogP contribution >= 0.6 is 11.3 Å². The molecule has 3 N–H and O–H groups in total. The van der Waals surface area contributed by atoms with E-state index in [0.29, 0.717) is 12.2 Å². The number of amides is 1. The molecular weight excluding hydrogens is 250 g/mol. The van der Waals surface area contributed by atoms with E-state index in [1.54, 1.807) is 13.0 Å². The van der Waals surface area contributed by atoms with Gasteiger partial charge in [-0.3, -0.25) is 4.79 Å². The van der Waals surface area contributed by atoms with Gasteiger partial charge in [0.2, 0.25) is 5.95 Å². The molecule has 0 aliphatic heterocycles. The fourth-order valence-corrected chi connectivity index (χ4v) is 2.15. The van der Waals surface area contributed by atoms with Crippen LogP contribution in [0.2, 0.25) is 0 Å². The Morgan fingerprint density at radius 3 is 2.72 bits per heavy atom. The second-order valence-corrected chi connectivity index (χ2v) is 4.76. The molecule has 2 rings (SSSR count). The van der Waals surface area contributed by atoms with Crippen molar-refractivity contribution in [2.24, 2.45) is 0 Å². The van der Waals surface area contributed by atoms with Gasteiger partial charge in [-0.05, 0) is 19.9 Å². The maximum atomic E-state index is 11.8. The molecular formula is C11H13N5OS. The molecule has 0 bridgehead atoms. The quantitative estimate of drug-likeness (QED) is 0.863. The predicted octanol–water partition coefficient (Wildman–Crippen LogP) is 1.06. The van der Waals surface area contributed by atoms with E-state index >= 15 is 0 Å². The van der Waals surface area contributed by atoms with E-state index in [0.717, 1.165) is 10.7 Å². The summed E-state index contributed by atoms with van der Waals surface area (Å²) in [4.78, 5) is 23.9. The lowest BCUT2D eigenvalue weighted by Crippen LogP contribution is -2.24. The van der Waals surface area contributed by atoms with Crippen LogP contribution in [0.5, 0.6) is 0 Å². The van der Waals surface area contributed by atoms with Gasteiger partial charge in [0.25, 0.3) is 5.91 Å². The molecule has 0 aliphatic carbocycles. The summed E-state index contributed by atoms with van der Waals surface area (Å²) in [6.07, 6.45) is 0. The number of hydrogen-bond acceptors (Lipinski definition) is 6. The van der Waals surface area contributed by atoms with Gasteiger partial charge in [-0.1, -0.05) is 0 Å². The molecule has 0 aliphatic rings. The first-order chi connectivity index (χ1) is 8.54. The molecule has 0 atom stereocenters. The van der Waals surface area contributed by atoms with Crippen LogP contribution in [0, 0.1) is 13.8 Å². The molecule has 0 saturated heterocycles. The summed E-state index contributed by atoms with van der Waals surface area (Å²) in [6, 6.07) is 1.60. The van der Waals surface area contributed by atoms with E-state index < -0.39 is 0 Å². The Kier molecular flexibility index (Phi) is 3.52. The van der Waals surface area contributed by atoms with Gasteiger partial charge in [0.05, 0.1) is 6.54 Å². The molecule has 94 valence electrons.